The zero-order valence-corrected chi connectivity index (χ0v) is 20.5. The van der Waals surface area contributed by atoms with E-state index in [1.165, 1.54) is 16.3 Å². The maximum Gasteiger partial charge on any atom is 0.316 e. The second-order valence-corrected chi connectivity index (χ2v) is 20.4. The van der Waals surface area contributed by atoms with Crippen molar-refractivity contribution in [2.24, 2.45) is 0 Å². The predicted molar refractivity (Wildman–Crippen MR) is 126 cm³/mol. The van der Waals surface area contributed by atoms with Gasteiger partial charge in [-0.15, -0.1) is 0 Å². The lowest BCUT2D eigenvalue weighted by atomic mass is 10.1. The van der Waals surface area contributed by atoms with Crippen LogP contribution in [0.5, 0.6) is 0 Å². The molecule has 154 valence electrons. The van der Waals surface area contributed by atoms with Gasteiger partial charge in [-0.05, 0) is 16.3 Å². The van der Waals surface area contributed by atoms with E-state index < -0.39 is 16.1 Å². The van der Waals surface area contributed by atoms with Gasteiger partial charge in [0, 0.05) is 13.1 Å². The quantitative estimate of drug-likeness (QED) is 0.401. The number of esters is 1. The summed E-state index contributed by atoms with van der Waals surface area (Å²) in [7, 11) is -3.53. The van der Waals surface area contributed by atoms with Gasteiger partial charge >= 0.3 is 5.97 Å². The van der Waals surface area contributed by atoms with Gasteiger partial charge in [0.1, 0.15) is 0 Å². The van der Waals surface area contributed by atoms with Crippen LogP contribution in [0.4, 0.5) is 0 Å². The highest BCUT2D eigenvalue weighted by Gasteiger charge is 2.49. The van der Waals surface area contributed by atoms with Crippen LogP contribution in [0.2, 0.25) is 44.8 Å². The second-order valence-electron chi connectivity index (χ2n) is 10.0. The summed E-state index contributed by atoms with van der Waals surface area (Å²) in [5.41, 5.74) is 2.40. The Morgan fingerprint density at radius 1 is 0.793 bits per heavy atom. The van der Waals surface area contributed by atoms with E-state index in [1.807, 2.05) is 12.1 Å². The molecule has 0 spiro atoms. The summed E-state index contributed by atoms with van der Waals surface area (Å²) in [6, 6.07) is 20.9. The van der Waals surface area contributed by atoms with E-state index in [4.69, 9.17) is 4.74 Å². The molecule has 0 fully saturated rings. The molecule has 1 aliphatic heterocycles. The number of nitrogens with zero attached hydrogens (tertiary/aromatic N) is 1. The summed E-state index contributed by atoms with van der Waals surface area (Å²) in [6.07, 6.45) is 0. The molecule has 0 saturated heterocycles. The Balaban J connectivity index is 2.09. The standard InChI is InChI=1S/C24H33NO2Si2/c1-28(2,3)21-22(29(4,5)6)24(26)27-23(21)25(17-19-13-9-7-10-14-19)18-20-15-11-8-12-16-20/h7-16,22H,17-18H2,1-6H3. The normalized spacial score (nSPS) is 17.4. The highest BCUT2D eigenvalue weighted by atomic mass is 28.3. The first-order valence-corrected chi connectivity index (χ1v) is 17.4. The van der Waals surface area contributed by atoms with Gasteiger partial charge in [-0.3, -0.25) is 4.79 Å². The van der Waals surface area contributed by atoms with Gasteiger partial charge in [-0.2, -0.15) is 0 Å². The Labute approximate surface area is 177 Å². The molecule has 2 aromatic carbocycles. The Morgan fingerprint density at radius 3 is 1.62 bits per heavy atom. The average molecular weight is 424 g/mol. The third-order valence-corrected chi connectivity index (χ3v) is 10.0. The Bertz CT molecular complexity index is 839. The van der Waals surface area contributed by atoms with Crippen LogP contribution in [0.1, 0.15) is 11.1 Å². The summed E-state index contributed by atoms with van der Waals surface area (Å²) < 4.78 is 6.08. The fraction of sp³-hybridized carbons (Fsp3) is 0.375. The highest BCUT2D eigenvalue weighted by Crippen LogP contribution is 2.45. The topological polar surface area (TPSA) is 29.5 Å². The van der Waals surface area contributed by atoms with Crippen molar-refractivity contribution in [1.29, 1.82) is 0 Å². The maximum absolute atomic E-state index is 13.1. The summed E-state index contributed by atoms with van der Waals surface area (Å²) in [4.78, 5) is 15.3. The number of carbonyl (C=O) groups excluding carboxylic acids is 1. The molecule has 0 aromatic heterocycles. The van der Waals surface area contributed by atoms with Gasteiger partial charge < -0.3 is 9.64 Å². The van der Waals surface area contributed by atoms with E-state index in [9.17, 15) is 4.79 Å². The molecule has 0 amide bonds. The van der Waals surface area contributed by atoms with Crippen molar-refractivity contribution in [3.63, 3.8) is 0 Å². The molecule has 5 heteroatoms. The largest absolute Gasteiger partial charge is 0.410 e. The molecule has 3 rings (SSSR count). The van der Waals surface area contributed by atoms with E-state index in [2.05, 4.69) is 92.7 Å². The summed E-state index contributed by atoms with van der Waals surface area (Å²) in [5, 5.41) is 1.30. The number of benzene rings is 2. The minimum atomic E-state index is -1.77. The molecule has 1 heterocycles. The molecule has 0 radical (unpaired) electrons. The fourth-order valence-corrected chi connectivity index (χ4v) is 10.2. The average Bonchev–Trinajstić information content (AvgIpc) is 3.01. The molecule has 0 bridgehead atoms. The molecule has 29 heavy (non-hydrogen) atoms. The maximum atomic E-state index is 13.1. The van der Waals surface area contributed by atoms with E-state index in [1.54, 1.807) is 0 Å². The van der Waals surface area contributed by atoms with Crippen LogP contribution in [-0.4, -0.2) is 27.0 Å². The summed E-state index contributed by atoms with van der Waals surface area (Å²) in [5.74, 6) is 0.789. The van der Waals surface area contributed by atoms with Gasteiger partial charge in [0.25, 0.3) is 0 Å². The van der Waals surface area contributed by atoms with E-state index >= 15 is 0 Å². The lowest BCUT2D eigenvalue weighted by Gasteiger charge is -2.32. The lowest BCUT2D eigenvalue weighted by Crippen LogP contribution is -2.40. The Kier molecular flexibility index (Phi) is 6.20. The molecule has 0 saturated carbocycles. The first-order valence-electron chi connectivity index (χ1n) is 10.4. The zero-order valence-electron chi connectivity index (χ0n) is 18.5. The lowest BCUT2D eigenvalue weighted by molar-refractivity contribution is -0.138. The number of ether oxygens (including phenoxy) is 1. The molecular formula is C24H33NO2Si2. The number of hydrogen-bond donors (Lipinski definition) is 0. The third kappa shape index (κ3) is 5.09. The van der Waals surface area contributed by atoms with Gasteiger partial charge in [0.15, 0.2) is 5.88 Å². The molecule has 1 atom stereocenters. The number of carbonyl (C=O) groups is 1. The monoisotopic (exact) mass is 423 g/mol. The van der Waals surface area contributed by atoms with Gasteiger partial charge in [0.05, 0.1) is 21.7 Å². The minimum absolute atomic E-state index is 0.0392. The van der Waals surface area contributed by atoms with Crippen molar-refractivity contribution in [3.8, 4) is 0 Å². The van der Waals surface area contributed by atoms with E-state index in [0.29, 0.717) is 0 Å². The molecule has 0 N–H and O–H groups in total. The van der Waals surface area contributed by atoms with Gasteiger partial charge in [-0.25, -0.2) is 0 Å². The van der Waals surface area contributed by atoms with Crippen LogP contribution in [0.25, 0.3) is 0 Å². The molecule has 1 aliphatic rings. The van der Waals surface area contributed by atoms with Gasteiger partial charge in [0.2, 0.25) is 0 Å². The van der Waals surface area contributed by atoms with E-state index in [0.717, 1.165) is 19.0 Å². The SMILES string of the molecule is C[Si](C)(C)C1=C(N(Cc2ccccc2)Cc2ccccc2)OC(=O)C1[Si](C)(C)C. The number of rotatable bonds is 7. The van der Waals surface area contributed by atoms with Crippen LogP contribution in [0.3, 0.4) is 0 Å². The Hall–Kier alpha value is -2.12. The smallest absolute Gasteiger partial charge is 0.316 e. The van der Waals surface area contributed by atoms with Crippen molar-refractivity contribution in [3.05, 3.63) is 82.9 Å². The van der Waals surface area contributed by atoms with Crippen LogP contribution < -0.4 is 0 Å². The van der Waals surface area contributed by atoms with Crippen molar-refractivity contribution in [2.45, 2.75) is 57.9 Å². The summed E-state index contributed by atoms with van der Waals surface area (Å²) in [6.45, 7) is 15.3. The van der Waals surface area contributed by atoms with Crippen molar-refractivity contribution >= 4 is 22.1 Å². The summed E-state index contributed by atoms with van der Waals surface area (Å²) >= 11 is 0. The first kappa shape index (κ1) is 21.6. The number of hydrogen-bond acceptors (Lipinski definition) is 3. The highest BCUT2D eigenvalue weighted by molar-refractivity contribution is 6.90. The second kappa shape index (κ2) is 8.32. The number of cyclic esters (lactones) is 1. The first-order chi connectivity index (χ1) is 13.6. The van der Waals surface area contributed by atoms with Crippen LogP contribution >= 0.6 is 0 Å². The van der Waals surface area contributed by atoms with Crippen molar-refractivity contribution < 1.29 is 9.53 Å². The van der Waals surface area contributed by atoms with Crippen LogP contribution in [-0.2, 0) is 22.6 Å². The molecule has 3 nitrogen and oxygen atoms in total. The minimum Gasteiger partial charge on any atom is -0.410 e. The molecular weight excluding hydrogens is 390 g/mol. The van der Waals surface area contributed by atoms with Crippen LogP contribution in [0.15, 0.2) is 71.7 Å². The van der Waals surface area contributed by atoms with E-state index in [-0.39, 0.29) is 11.5 Å². The molecule has 0 aliphatic carbocycles. The van der Waals surface area contributed by atoms with Crippen molar-refractivity contribution in [1.82, 2.24) is 4.90 Å². The third-order valence-electron chi connectivity index (χ3n) is 5.35. The predicted octanol–water partition coefficient (Wildman–Crippen LogP) is 6.04. The van der Waals surface area contributed by atoms with Crippen LogP contribution in [0, 0.1) is 0 Å². The fourth-order valence-electron chi connectivity index (χ4n) is 4.03. The zero-order chi connectivity index (χ0) is 21.2. The molecule has 1 unspecified atom stereocenters. The van der Waals surface area contributed by atoms with Gasteiger partial charge in [-0.1, -0.05) is 99.9 Å². The molecule has 2 aromatic rings. The van der Waals surface area contributed by atoms with Crippen molar-refractivity contribution in [2.75, 3.05) is 0 Å². The Morgan fingerprint density at radius 2 is 1.24 bits per heavy atom.